The highest BCUT2D eigenvalue weighted by Gasteiger charge is 2.51. The Hall–Kier alpha value is -4.72. The van der Waals surface area contributed by atoms with Crippen LogP contribution in [0, 0.1) is 0 Å². The fourth-order valence-corrected chi connectivity index (χ4v) is 4.26. The zero-order valence-corrected chi connectivity index (χ0v) is 20.0. The number of aromatic nitrogens is 1. The second kappa shape index (κ2) is 9.73. The number of aliphatic carboxylic acids is 1. The average molecular weight is 497 g/mol. The van der Waals surface area contributed by atoms with Gasteiger partial charge in [-0.25, -0.2) is 4.79 Å². The number of carbonyl (C=O) groups excluding carboxylic acids is 2. The summed E-state index contributed by atoms with van der Waals surface area (Å²) in [4.78, 5) is 37.0. The number of ether oxygens (including phenoxy) is 1. The number of benzene rings is 3. The molecule has 8 heteroatoms. The van der Waals surface area contributed by atoms with E-state index in [0.717, 1.165) is 22.3 Å². The lowest BCUT2D eigenvalue weighted by Crippen LogP contribution is -2.19. The van der Waals surface area contributed by atoms with Gasteiger partial charge in [0.05, 0.1) is 5.41 Å². The molecule has 4 aromatic rings. The fourth-order valence-electron chi connectivity index (χ4n) is 4.26. The van der Waals surface area contributed by atoms with Gasteiger partial charge in [-0.05, 0) is 42.0 Å². The predicted octanol–water partition coefficient (Wildman–Crippen LogP) is 6.00. The van der Waals surface area contributed by atoms with Crippen LogP contribution in [0.5, 0.6) is 0 Å². The number of anilines is 1. The number of amides is 1. The van der Waals surface area contributed by atoms with Crippen molar-refractivity contribution < 1.29 is 28.8 Å². The summed E-state index contributed by atoms with van der Waals surface area (Å²) in [5, 5.41) is 15.8. The molecule has 1 fully saturated rings. The highest BCUT2D eigenvalue weighted by molar-refractivity contribution is 6.12. The summed E-state index contributed by atoms with van der Waals surface area (Å²) < 4.78 is 10.3. The van der Waals surface area contributed by atoms with E-state index < -0.39 is 29.4 Å². The summed E-state index contributed by atoms with van der Waals surface area (Å²) >= 11 is 0. The summed E-state index contributed by atoms with van der Waals surface area (Å²) in [6.07, 6.45) is 1.27. The van der Waals surface area contributed by atoms with Crippen molar-refractivity contribution in [1.82, 2.24) is 5.16 Å². The maximum atomic E-state index is 13.1. The minimum absolute atomic E-state index is 0.0372. The van der Waals surface area contributed by atoms with Crippen molar-refractivity contribution in [2.24, 2.45) is 0 Å². The van der Waals surface area contributed by atoms with Crippen LogP contribution in [0.4, 0.5) is 10.5 Å². The average Bonchev–Trinajstić information content (AvgIpc) is 3.62. The number of carbonyl (C=O) groups is 3. The Morgan fingerprint density at radius 1 is 0.946 bits per heavy atom. The first-order chi connectivity index (χ1) is 17.9. The molecule has 1 aliphatic rings. The maximum Gasteiger partial charge on any atom is 0.412 e. The van der Waals surface area contributed by atoms with Gasteiger partial charge in [0.1, 0.15) is 18.1 Å². The maximum absolute atomic E-state index is 13.1. The molecule has 8 nitrogen and oxygen atoms in total. The Bertz CT molecular complexity index is 1440. The number of nitrogens with one attached hydrogen (secondary N) is 1. The highest BCUT2D eigenvalue weighted by Crippen LogP contribution is 2.48. The van der Waals surface area contributed by atoms with Gasteiger partial charge in [-0.2, -0.15) is 0 Å². The van der Waals surface area contributed by atoms with Gasteiger partial charge in [0.15, 0.2) is 5.69 Å². The predicted molar refractivity (Wildman–Crippen MR) is 135 cm³/mol. The fraction of sp³-hybridized carbons (Fsp3) is 0.172. The van der Waals surface area contributed by atoms with Gasteiger partial charge >= 0.3 is 12.1 Å². The van der Waals surface area contributed by atoms with Gasteiger partial charge in [0.25, 0.3) is 0 Å². The lowest BCUT2D eigenvalue weighted by atomic mass is 9.93. The first-order valence-electron chi connectivity index (χ1n) is 11.8. The van der Waals surface area contributed by atoms with Gasteiger partial charge in [-0.1, -0.05) is 84.0 Å². The molecule has 1 saturated carbocycles. The third kappa shape index (κ3) is 4.86. The zero-order chi connectivity index (χ0) is 26.0. The number of rotatable bonds is 8. The monoisotopic (exact) mass is 496 g/mol. The molecule has 1 unspecified atom stereocenters. The van der Waals surface area contributed by atoms with E-state index in [1.165, 1.54) is 6.26 Å². The van der Waals surface area contributed by atoms with Crippen molar-refractivity contribution >= 4 is 23.5 Å². The third-order valence-electron chi connectivity index (χ3n) is 6.65. The molecule has 1 heterocycles. The van der Waals surface area contributed by atoms with Crippen LogP contribution in [-0.4, -0.2) is 28.1 Å². The molecule has 1 aliphatic carbocycles. The molecule has 0 bridgehead atoms. The Labute approximate surface area is 212 Å². The van der Waals surface area contributed by atoms with Crippen LogP contribution >= 0.6 is 0 Å². The highest BCUT2D eigenvalue weighted by atomic mass is 16.6. The molecule has 3 aromatic carbocycles. The van der Waals surface area contributed by atoms with E-state index in [0.29, 0.717) is 18.4 Å². The van der Waals surface area contributed by atoms with Crippen molar-refractivity contribution in [2.75, 3.05) is 5.32 Å². The second-order valence-electron chi connectivity index (χ2n) is 9.03. The summed E-state index contributed by atoms with van der Waals surface area (Å²) in [6, 6.07) is 23.7. The second-order valence-corrected chi connectivity index (χ2v) is 9.03. The molecule has 0 aliphatic heterocycles. The molecular weight excluding hydrogens is 472 g/mol. The molecule has 186 valence electrons. The number of nitrogens with zero attached hydrogens (tertiary/aromatic N) is 1. The van der Waals surface area contributed by atoms with Crippen LogP contribution in [-0.2, 0) is 14.9 Å². The van der Waals surface area contributed by atoms with E-state index in [9.17, 15) is 19.5 Å². The summed E-state index contributed by atoms with van der Waals surface area (Å²) in [6.45, 7) is 1.75. The van der Waals surface area contributed by atoms with Gasteiger partial charge in [0.2, 0.25) is 5.78 Å². The van der Waals surface area contributed by atoms with E-state index in [-0.39, 0.29) is 11.4 Å². The molecule has 1 aromatic heterocycles. The normalized spacial score (nSPS) is 14.4. The molecule has 1 amide bonds. The van der Waals surface area contributed by atoms with Crippen molar-refractivity contribution in [3.05, 3.63) is 108 Å². The van der Waals surface area contributed by atoms with Crippen LogP contribution in [0.15, 0.2) is 89.6 Å². The van der Waals surface area contributed by atoms with E-state index in [4.69, 9.17) is 9.26 Å². The zero-order valence-electron chi connectivity index (χ0n) is 20.0. The van der Waals surface area contributed by atoms with Gasteiger partial charge in [-0.15, -0.1) is 0 Å². The van der Waals surface area contributed by atoms with Crippen LogP contribution in [0.25, 0.3) is 11.1 Å². The van der Waals surface area contributed by atoms with E-state index in [1.54, 1.807) is 31.2 Å². The molecule has 2 N–H and O–H groups in total. The lowest BCUT2D eigenvalue weighted by molar-refractivity contribution is -0.140. The van der Waals surface area contributed by atoms with Crippen molar-refractivity contribution in [1.29, 1.82) is 0 Å². The topological polar surface area (TPSA) is 119 Å². The van der Waals surface area contributed by atoms with Crippen LogP contribution in [0.2, 0.25) is 0 Å². The first-order valence-corrected chi connectivity index (χ1v) is 11.8. The summed E-state index contributed by atoms with van der Waals surface area (Å²) in [7, 11) is 0. The minimum atomic E-state index is -0.788. The SMILES string of the molecule is CC(OC(=O)Nc1conc1C(=O)c1ccc(-c2ccc(C3(C(=O)O)CC3)cc2)cc1)c1ccccc1. The van der Waals surface area contributed by atoms with Crippen molar-refractivity contribution in [2.45, 2.75) is 31.3 Å². The van der Waals surface area contributed by atoms with Gasteiger partial charge in [-0.3, -0.25) is 14.9 Å². The molecule has 0 saturated heterocycles. The number of ketones is 1. The van der Waals surface area contributed by atoms with Crippen LogP contribution in [0.1, 0.15) is 53.0 Å². The summed E-state index contributed by atoms with van der Waals surface area (Å²) in [5.41, 5.74) is 3.12. The number of hydrogen-bond acceptors (Lipinski definition) is 6. The van der Waals surface area contributed by atoms with Crippen LogP contribution in [0.3, 0.4) is 0 Å². The minimum Gasteiger partial charge on any atom is -0.481 e. The number of carboxylic acid groups (broad SMARTS) is 1. The molecule has 5 rings (SSSR count). The van der Waals surface area contributed by atoms with Crippen LogP contribution < -0.4 is 5.32 Å². The standard InChI is InChI=1S/C29H24N2O6/c1-18(19-5-3-2-4-6-19)37-28(35)30-24-17-36-31-25(24)26(32)22-9-7-20(8-10-22)21-11-13-23(14-12-21)29(15-16-29)27(33)34/h2-14,17-18H,15-16H2,1H3,(H,30,35)(H,33,34). The Morgan fingerprint density at radius 2 is 1.57 bits per heavy atom. The van der Waals surface area contributed by atoms with Crippen molar-refractivity contribution in [3.8, 4) is 11.1 Å². The molecular formula is C29H24N2O6. The Balaban J connectivity index is 1.25. The van der Waals surface area contributed by atoms with E-state index >= 15 is 0 Å². The van der Waals surface area contributed by atoms with Gasteiger partial charge < -0.3 is 14.4 Å². The van der Waals surface area contributed by atoms with Gasteiger partial charge in [0, 0.05) is 5.56 Å². The molecule has 0 radical (unpaired) electrons. The largest absolute Gasteiger partial charge is 0.481 e. The Morgan fingerprint density at radius 3 is 2.16 bits per heavy atom. The van der Waals surface area contributed by atoms with E-state index in [2.05, 4.69) is 10.5 Å². The Kier molecular flexibility index (Phi) is 6.31. The van der Waals surface area contributed by atoms with Crippen molar-refractivity contribution in [3.63, 3.8) is 0 Å². The number of carboxylic acids is 1. The third-order valence-corrected chi connectivity index (χ3v) is 6.65. The lowest BCUT2D eigenvalue weighted by Gasteiger charge is -2.13. The summed E-state index contributed by atoms with van der Waals surface area (Å²) in [5.74, 6) is -1.21. The number of hydrogen-bond donors (Lipinski definition) is 2. The quantitative estimate of drug-likeness (QED) is 0.287. The first kappa shape index (κ1) is 24.0. The molecule has 1 atom stereocenters. The smallest absolute Gasteiger partial charge is 0.412 e. The van der Waals surface area contributed by atoms with E-state index in [1.807, 2.05) is 54.6 Å². The molecule has 37 heavy (non-hydrogen) atoms. The molecule has 0 spiro atoms.